The van der Waals surface area contributed by atoms with Crippen LogP contribution in [0.4, 0.5) is 4.79 Å². The molecule has 0 bridgehead atoms. The van der Waals surface area contributed by atoms with Crippen LogP contribution in [0.25, 0.3) is 0 Å². The fraction of sp³-hybridized carbons (Fsp3) is 0.417. The van der Waals surface area contributed by atoms with E-state index in [0.29, 0.717) is 31.7 Å². The van der Waals surface area contributed by atoms with Crippen LogP contribution < -0.4 is 10.1 Å². The van der Waals surface area contributed by atoms with Crippen LogP contribution in [0.2, 0.25) is 0 Å². The van der Waals surface area contributed by atoms with Gasteiger partial charge >= 0.3 is 6.03 Å². The highest BCUT2D eigenvalue weighted by Crippen LogP contribution is 2.33. The number of imide groups is 1. The number of sulfonamides is 1. The van der Waals surface area contributed by atoms with Crippen molar-refractivity contribution in [2.75, 3.05) is 40.0 Å². The number of fused-ring (bicyclic) bond motifs is 1. The monoisotopic (exact) mass is 484 g/mol. The van der Waals surface area contributed by atoms with E-state index in [9.17, 15) is 18.0 Å². The first kappa shape index (κ1) is 22.8. The second kappa shape index (κ2) is 8.68. The topological polar surface area (TPSA) is 99.3 Å². The van der Waals surface area contributed by atoms with E-state index in [0.717, 1.165) is 12.0 Å². The van der Waals surface area contributed by atoms with E-state index in [-0.39, 0.29) is 36.6 Å². The largest absolute Gasteiger partial charge is 0.497 e. The number of benzene rings is 2. The summed E-state index contributed by atoms with van der Waals surface area (Å²) in [7, 11) is -2.09. The number of nitrogens with one attached hydrogen (secondary N) is 1. The summed E-state index contributed by atoms with van der Waals surface area (Å²) in [4.78, 5) is 29.5. The van der Waals surface area contributed by atoms with Gasteiger partial charge in [-0.15, -0.1) is 0 Å². The van der Waals surface area contributed by atoms with Crippen LogP contribution in [-0.2, 0) is 27.7 Å². The summed E-state index contributed by atoms with van der Waals surface area (Å²) < 4.78 is 32.5. The molecular formula is C24H28N4O5S. The molecule has 5 rings (SSSR count). The van der Waals surface area contributed by atoms with Gasteiger partial charge in [-0.05, 0) is 48.2 Å². The lowest BCUT2D eigenvalue weighted by Gasteiger charge is -2.36. The van der Waals surface area contributed by atoms with Gasteiger partial charge in [-0.1, -0.05) is 24.3 Å². The van der Waals surface area contributed by atoms with E-state index < -0.39 is 15.6 Å². The van der Waals surface area contributed by atoms with Crippen LogP contribution >= 0.6 is 0 Å². The normalized spacial score (nSPS) is 23.7. The van der Waals surface area contributed by atoms with Crippen LogP contribution in [-0.4, -0.2) is 80.0 Å². The van der Waals surface area contributed by atoms with Gasteiger partial charge in [0.25, 0.3) is 5.91 Å². The molecule has 2 fully saturated rings. The molecule has 1 unspecified atom stereocenters. The molecule has 3 amide bonds. The van der Waals surface area contributed by atoms with Gasteiger partial charge in [0.2, 0.25) is 10.0 Å². The molecule has 2 aromatic rings. The molecule has 1 N–H and O–H groups in total. The molecule has 0 aromatic heterocycles. The summed E-state index contributed by atoms with van der Waals surface area (Å²) >= 11 is 0. The number of rotatable bonds is 5. The maximum absolute atomic E-state index is 13.3. The third kappa shape index (κ3) is 3.95. The summed E-state index contributed by atoms with van der Waals surface area (Å²) in [5, 5.41) is 2.96. The molecule has 1 aliphatic carbocycles. The van der Waals surface area contributed by atoms with Crippen molar-refractivity contribution < 1.29 is 22.7 Å². The first-order valence-electron chi connectivity index (χ1n) is 11.4. The van der Waals surface area contributed by atoms with Gasteiger partial charge in [0.1, 0.15) is 11.3 Å². The number of urea groups is 1. The number of carbonyl (C=O) groups is 2. The summed E-state index contributed by atoms with van der Waals surface area (Å²) in [5.74, 6) is 0.400. The lowest BCUT2D eigenvalue weighted by Crippen LogP contribution is -2.54. The number of piperazine rings is 1. The van der Waals surface area contributed by atoms with Gasteiger partial charge in [0, 0.05) is 32.6 Å². The third-order valence-corrected chi connectivity index (χ3v) is 8.96. The van der Waals surface area contributed by atoms with Crippen molar-refractivity contribution in [3.63, 3.8) is 0 Å². The van der Waals surface area contributed by atoms with Crippen LogP contribution in [0.1, 0.15) is 17.5 Å². The van der Waals surface area contributed by atoms with E-state index in [4.69, 9.17) is 4.74 Å². The molecule has 180 valence electrons. The number of nitrogens with zero attached hydrogens (tertiary/aromatic N) is 3. The second-order valence-electron chi connectivity index (χ2n) is 9.03. The van der Waals surface area contributed by atoms with Crippen molar-refractivity contribution in [1.82, 2.24) is 19.4 Å². The predicted molar refractivity (Wildman–Crippen MR) is 125 cm³/mol. The number of aryl methyl sites for hydroxylation is 1. The van der Waals surface area contributed by atoms with Crippen molar-refractivity contribution in [1.29, 1.82) is 0 Å². The minimum Gasteiger partial charge on any atom is -0.497 e. The van der Waals surface area contributed by atoms with Crippen molar-refractivity contribution >= 4 is 22.0 Å². The minimum absolute atomic E-state index is 0.157. The van der Waals surface area contributed by atoms with E-state index in [1.807, 2.05) is 23.1 Å². The Morgan fingerprint density at radius 2 is 1.65 bits per heavy atom. The number of hydrogen-bond acceptors (Lipinski definition) is 6. The Balaban J connectivity index is 1.22. The van der Waals surface area contributed by atoms with E-state index >= 15 is 0 Å². The van der Waals surface area contributed by atoms with Crippen molar-refractivity contribution in [3.8, 4) is 5.75 Å². The Kier molecular flexibility index (Phi) is 5.83. The molecule has 2 heterocycles. The van der Waals surface area contributed by atoms with Crippen LogP contribution in [0.15, 0.2) is 53.4 Å². The number of methoxy groups -OCH3 is 1. The minimum atomic E-state index is -3.62. The highest BCUT2D eigenvalue weighted by molar-refractivity contribution is 7.89. The van der Waals surface area contributed by atoms with Crippen molar-refractivity contribution in [3.05, 3.63) is 59.7 Å². The maximum Gasteiger partial charge on any atom is 0.326 e. The lowest BCUT2D eigenvalue weighted by molar-refractivity contribution is -0.133. The van der Waals surface area contributed by atoms with Gasteiger partial charge in [0.05, 0.1) is 18.7 Å². The van der Waals surface area contributed by atoms with Crippen molar-refractivity contribution in [2.45, 2.75) is 29.7 Å². The first-order chi connectivity index (χ1) is 16.3. The highest BCUT2D eigenvalue weighted by Gasteiger charge is 2.52. The Hall–Kier alpha value is -2.95. The molecule has 0 radical (unpaired) electrons. The van der Waals surface area contributed by atoms with Gasteiger partial charge in [-0.25, -0.2) is 18.1 Å². The molecule has 34 heavy (non-hydrogen) atoms. The Morgan fingerprint density at radius 3 is 2.32 bits per heavy atom. The molecule has 2 aliphatic heterocycles. The number of ether oxygens (including phenoxy) is 1. The molecule has 0 saturated carbocycles. The van der Waals surface area contributed by atoms with E-state index in [1.54, 1.807) is 12.1 Å². The van der Waals surface area contributed by atoms with E-state index in [2.05, 4.69) is 11.4 Å². The fourth-order valence-electron chi connectivity index (χ4n) is 5.04. The van der Waals surface area contributed by atoms with Crippen LogP contribution in [0, 0.1) is 0 Å². The maximum atomic E-state index is 13.3. The number of amides is 3. The van der Waals surface area contributed by atoms with Crippen molar-refractivity contribution in [2.24, 2.45) is 0 Å². The average Bonchev–Trinajstić information content (AvgIpc) is 3.08. The molecule has 2 saturated heterocycles. The zero-order chi connectivity index (χ0) is 23.9. The molecular weight excluding hydrogens is 456 g/mol. The summed E-state index contributed by atoms with van der Waals surface area (Å²) in [5.41, 5.74) is 1.44. The number of carbonyl (C=O) groups excluding carboxylic acids is 2. The fourth-order valence-corrected chi connectivity index (χ4v) is 6.46. The predicted octanol–water partition coefficient (Wildman–Crippen LogP) is 1.44. The Labute approximate surface area is 199 Å². The molecule has 3 aliphatic rings. The summed E-state index contributed by atoms with van der Waals surface area (Å²) in [6, 6.07) is 14.0. The van der Waals surface area contributed by atoms with Gasteiger partial charge in [-0.3, -0.25) is 9.69 Å². The molecule has 1 spiro atoms. The number of hydrogen-bond donors (Lipinski definition) is 1. The van der Waals surface area contributed by atoms with Gasteiger partial charge in [-0.2, -0.15) is 4.31 Å². The molecule has 1 atom stereocenters. The second-order valence-corrected chi connectivity index (χ2v) is 11.0. The summed E-state index contributed by atoms with van der Waals surface area (Å²) in [6.45, 7) is 1.60. The van der Waals surface area contributed by atoms with Gasteiger partial charge in [0.15, 0.2) is 0 Å². The zero-order valence-corrected chi connectivity index (χ0v) is 19.9. The first-order valence-corrected chi connectivity index (χ1v) is 12.8. The molecule has 9 nitrogen and oxygen atoms in total. The summed E-state index contributed by atoms with van der Waals surface area (Å²) in [6.07, 6.45) is 1.83. The molecule has 10 heteroatoms. The lowest BCUT2D eigenvalue weighted by atomic mass is 9.78. The van der Waals surface area contributed by atoms with Crippen LogP contribution in [0.5, 0.6) is 5.75 Å². The third-order valence-electron chi connectivity index (χ3n) is 7.05. The highest BCUT2D eigenvalue weighted by atomic mass is 32.2. The van der Waals surface area contributed by atoms with Crippen LogP contribution in [0.3, 0.4) is 0 Å². The quantitative estimate of drug-likeness (QED) is 0.645. The smallest absolute Gasteiger partial charge is 0.326 e. The Morgan fingerprint density at radius 1 is 0.971 bits per heavy atom. The Bertz CT molecular complexity index is 1210. The molecule has 2 aromatic carbocycles. The SMILES string of the molecule is COc1ccc(S(=O)(=O)N2CCN(CN3C(=O)NC4(CCc5ccccc5C4)C3=O)CC2)cc1. The van der Waals surface area contributed by atoms with E-state index in [1.165, 1.54) is 34.0 Å². The standard InChI is InChI=1S/C24H28N4O5S/c1-33-20-6-8-21(9-7-20)34(31,32)27-14-12-26(13-15-27)17-28-22(29)24(25-23(28)30)11-10-18-4-2-3-5-19(18)16-24/h2-9H,10-17H2,1H3,(H,25,30). The average molecular weight is 485 g/mol. The zero-order valence-electron chi connectivity index (χ0n) is 19.1. The van der Waals surface area contributed by atoms with Gasteiger partial charge < -0.3 is 10.1 Å².